The Morgan fingerprint density at radius 3 is 2.52 bits per heavy atom. The molecule has 1 heterocycles. The third kappa shape index (κ3) is 3.02. The second-order valence-electron chi connectivity index (χ2n) is 4.34. The van der Waals surface area contributed by atoms with Crippen LogP contribution >= 0.6 is 0 Å². The number of esters is 1. The zero-order valence-corrected chi connectivity index (χ0v) is 11.4. The Labute approximate surface area is 120 Å². The smallest absolute Gasteiger partial charge is 0.341 e. The van der Waals surface area contributed by atoms with Crippen LogP contribution in [0.5, 0.6) is 0 Å². The van der Waals surface area contributed by atoms with E-state index < -0.39 is 11.9 Å². The van der Waals surface area contributed by atoms with Crippen molar-refractivity contribution in [3.63, 3.8) is 0 Å². The van der Waals surface area contributed by atoms with Crippen LogP contribution in [0.25, 0.3) is 5.69 Å². The van der Waals surface area contributed by atoms with Crippen molar-refractivity contribution in [2.24, 2.45) is 0 Å². The fraction of sp³-hybridized carbons (Fsp3) is 0.214. The van der Waals surface area contributed by atoms with Crippen LogP contribution in [0.2, 0.25) is 0 Å². The van der Waals surface area contributed by atoms with E-state index in [1.165, 1.54) is 10.9 Å². The summed E-state index contributed by atoms with van der Waals surface area (Å²) in [7, 11) is 0. The van der Waals surface area contributed by atoms with Crippen LogP contribution in [0, 0.1) is 0 Å². The number of aromatic nitrogens is 2. The average Bonchev–Trinajstić information content (AvgIpc) is 2.87. The Bertz CT molecular complexity index is 661. The summed E-state index contributed by atoms with van der Waals surface area (Å²) in [4.78, 5) is 22.6. The molecule has 0 unspecified atom stereocenters. The summed E-state index contributed by atoms with van der Waals surface area (Å²) < 4.78 is 6.31. The molecule has 21 heavy (non-hydrogen) atoms. The molecule has 0 aliphatic carbocycles. The molecule has 0 atom stereocenters. The van der Waals surface area contributed by atoms with Crippen LogP contribution in [0.15, 0.2) is 30.5 Å². The van der Waals surface area contributed by atoms with Crippen LogP contribution in [0.1, 0.15) is 34.1 Å². The van der Waals surface area contributed by atoms with Gasteiger partial charge in [0.05, 0.1) is 24.1 Å². The van der Waals surface area contributed by atoms with Crippen LogP contribution in [-0.4, -0.2) is 33.4 Å². The number of carboxylic acids is 1. The molecule has 0 aliphatic rings. The number of nitrogen functional groups attached to an aromatic ring is 1. The summed E-state index contributed by atoms with van der Waals surface area (Å²) >= 11 is 0. The molecule has 2 rings (SSSR count). The minimum absolute atomic E-state index is 0.0313. The van der Waals surface area contributed by atoms with E-state index in [2.05, 4.69) is 5.10 Å². The van der Waals surface area contributed by atoms with E-state index in [0.29, 0.717) is 17.9 Å². The van der Waals surface area contributed by atoms with Gasteiger partial charge in [-0.1, -0.05) is 6.92 Å². The number of benzene rings is 1. The molecular weight excluding hydrogens is 274 g/mol. The first-order chi connectivity index (χ1) is 10.0. The molecule has 7 nitrogen and oxygen atoms in total. The normalized spacial score (nSPS) is 10.3. The molecule has 0 fully saturated rings. The molecule has 0 radical (unpaired) electrons. The van der Waals surface area contributed by atoms with Crippen molar-refractivity contribution in [1.29, 1.82) is 0 Å². The van der Waals surface area contributed by atoms with Crippen molar-refractivity contribution in [1.82, 2.24) is 9.78 Å². The largest absolute Gasteiger partial charge is 0.477 e. The Morgan fingerprint density at radius 1 is 1.33 bits per heavy atom. The van der Waals surface area contributed by atoms with Crippen LogP contribution in [0.3, 0.4) is 0 Å². The predicted molar refractivity (Wildman–Crippen MR) is 75.5 cm³/mol. The van der Waals surface area contributed by atoms with E-state index >= 15 is 0 Å². The van der Waals surface area contributed by atoms with Crippen molar-refractivity contribution in [3.8, 4) is 5.69 Å². The first-order valence-electron chi connectivity index (χ1n) is 6.39. The summed E-state index contributed by atoms with van der Waals surface area (Å²) in [5.74, 6) is -1.51. The van der Waals surface area contributed by atoms with Crippen molar-refractivity contribution in [3.05, 3.63) is 41.6 Å². The zero-order valence-electron chi connectivity index (χ0n) is 11.4. The molecule has 2 aromatic rings. The van der Waals surface area contributed by atoms with Crippen molar-refractivity contribution in [2.75, 3.05) is 12.3 Å². The zero-order chi connectivity index (χ0) is 15.4. The molecule has 0 saturated carbocycles. The number of hydrogen-bond donors (Lipinski definition) is 2. The van der Waals surface area contributed by atoms with E-state index in [4.69, 9.17) is 15.6 Å². The van der Waals surface area contributed by atoms with Crippen LogP contribution in [0.4, 0.5) is 5.82 Å². The predicted octanol–water partition coefficient (Wildman–Crippen LogP) is 1.72. The highest BCUT2D eigenvalue weighted by Crippen LogP contribution is 2.17. The monoisotopic (exact) mass is 289 g/mol. The van der Waals surface area contributed by atoms with Gasteiger partial charge >= 0.3 is 11.9 Å². The highest BCUT2D eigenvalue weighted by atomic mass is 16.5. The van der Waals surface area contributed by atoms with Gasteiger partial charge in [0.2, 0.25) is 0 Å². The van der Waals surface area contributed by atoms with Crippen LogP contribution in [-0.2, 0) is 4.74 Å². The van der Waals surface area contributed by atoms with Gasteiger partial charge in [-0.05, 0) is 30.7 Å². The first kappa shape index (κ1) is 14.6. The minimum atomic E-state index is -1.14. The van der Waals surface area contributed by atoms with Gasteiger partial charge in [-0.2, -0.15) is 5.10 Å². The third-order valence-electron chi connectivity index (χ3n) is 2.82. The fourth-order valence-electron chi connectivity index (χ4n) is 1.75. The molecule has 1 aromatic carbocycles. The Hall–Kier alpha value is -2.83. The van der Waals surface area contributed by atoms with Crippen molar-refractivity contribution < 1.29 is 19.4 Å². The number of nitrogens with zero attached hydrogens (tertiary/aromatic N) is 2. The molecule has 3 N–H and O–H groups in total. The molecular formula is C14H15N3O4. The van der Waals surface area contributed by atoms with Crippen LogP contribution < -0.4 is 5.73 Å². The van der Waals surface area contributed by atoms with Gasteiger partial charge in [0.15, 0.2) is 0 Å². The number of hydrogen-bond acceptors (Lipinski definition) is 5. The maximum Gasteiger partial charge on any atom is 0.341 e. The van der Waals surface area contributed by atoms with Gasteiger partial charge < -0.3 is 15.6 Å². The number of carbonyl (C=O) groups is 2. The summed E-state index contributed by atoms with van der Waals surface area (Å²) in [5, 5.41) is 12.9. The molecule has 0 aliphatic heterocycles. The lowest BCUT2D eigenvalue weighted by Crippen LogP contribution is -2.08. The van der Waals surface area contributed by atoms with Crippen molar-refractivity contribution in [2.45, 2.75) is 13.3 Å². The van der Waals surface area contributed by atoms with Gasteiger partial charge in [-0.3, -0.25) is 0 Å². The Balaban J connectivity index is 2.23. The number of carbonyl (C=O) groups excluding carboxylic acids is 1. The lowest BCUT2D eigenvalue weighted by molar-refractivity contribution is 0.0504. The summed E-state index contributed by atoms with van der Waals surface area (Å²) in [6.45, 7) is 2.28. The molecule has 7 heteroatoms. The summed E-state index contributed by atoms with van der Waals surface area (Å²) in [6, 6.07) is 6.40. The molecule has 1 aromatic heterocycles. The lowest BCUT2D eigenvalue weighted by Gasteiger charge is -2.06. The SMILES string of the molecule is CCCOC(=O)c1ccc(-n2ncc(C(=O)O)c2N)cc1. The maximum atomic E-state index is 11.7. The van der Waals surface area contributed by atoms with E-state index in [0.717, 1.165) is 6.42 Å². The standard InChI is InChI=1S/C14H15N3O4/c1-2-7-21-14(20)9-3-5-10(6-4-9)17-12(15)11(8-16-17)13(18)19/h3-6,8H,2,7,15H2,1H3,(H,18,19). The minimum Gasteiger partial charge on any atom is -0.477 e. The first-order valence-corrected chi connectivity index (χ1v) is 6.39. The van der Waals surface area contributed by atoms with E-state index in [1.807, 2.05) is 6.92 Å². The topological polar surface area (TPSA) is 107 Å². The molecule has 0 bridgehead atoms. The van der Waals surface area contributed by atoms with Gasteiger partial charge in [0.1, 0.15) is 11.4 Å². The number of anilines is 1. The maximum absolute atomic E-state index is 11.7. The Kier molecular flexibility index (Phi) is 4.22. The molecule has 0 amide bonds. The molecule has 0 saturated heterocycles. The van der Waals surface area contributed by atoms with Gasteiger partial charge in [0, 0.05) is 0 Å². The summed E-state index contributed by atoms with van der Waals surface area (Å²) in [5.41, 5.74) is 6.64. The highest BCUT2D eigenvalue weighted by Gasteiger charge is 2.15. The number of carboxylic acid groups (broad SMARTS) is 1. The Morgan fingerprint density at radius 2 is 2.00 bits per heavy atom. The number of nitrogens with two attached hydrogens (primary N) is 1. The lowest BCUT2D eigenvalue weighted by atomic mass is 10.2. The number of aromatic carboxylic acids is 1. The molecule has 0 spiro atoms. The second-order valence-corrected chi connectivity index (χ2v) is 4.34. The number of rotatable bonds is 5. The highest BCUT2D eigenvalue weighted by molar-refractivity contribution is 5.93. The van der Waals surface area contributed by atoms with E-state index in [9.17, 15) is 9.59 Å². The van der Waals surface area contributed by atoms with E-state index in [1.54, 1.807) is 24.3 Å². The second kappa shape index (κ2) is 6.08. The van der Waals surface area contributed by atoms with Gasteiger partial charge in [-0.25, -0.2) is 14.3 Å². The quantitative estimate of drug-likeness (QED) is 0.811. The van der Waals surface area contributed by atoms with E-state index in [-0.39, 0.29) is 11.4 Å². The third-order valence-corrected chi connectivity index (χ3v) is 2.82. The van der Waals surface area contributed by atoms with Gasteiger partial charge in [-0.15, -0.1) is 0 Å². The molecule has 110 valence electrons. The average molecular weight is 289 g/mol. The fourth-order valence-corrected chi connectivity index (χ4v) is 1.75. The summed E-state index contributed by atoms with van der Waals surface area (Å²) in [6.07, 6.45) is 1.94. The number of ether oxygens (including phenoxy) is 1. The van der Waals surface area contributed by atoms with Gasteiger partial charge in [0.25, 0.3) is 0 Å². The van der Waals surface area contributed by atoms with Crippen molar-refractivity contribution >= 4 is 17.8 Å².